The summed E-state index contributed by atoms with van der Waals surface area (Å²) in [6.45, 7) is 4.14. The van der Waals surface area contributed by atoms with E-state index in [1.165, 1.54) is 6.20 Å². The summed E-state index contributed by atoms with van der Waals surface area (Å²) in [5, 5.41) is 6.04. The number of anilines is 2. The Morgan fingerprint density at radius 3 is 2.39 bits per heavy atom. The first-order chi connectivity index (χ1) is 17.3. The molecule has 186 valence electrons. The number of rotatable bonds is 7. The molecule has 0 unspecified atom stereocenters. The van der Waals surface area contributed by atoms with Gasteiger partial charge in [0.15, 0.2) is 0 Å². The van der Waals surface area contributed by atoms with Gasteiger partial charge in [-0.25, -0.2) is 4.98 Å². The lowest BCUT2D eigenvalue weighted by atomic mass is 9.96. The number of Topliss-reactive ketones (excluding diaryl/α,β-unsaturated/α-hetero) is 1. The highest BCUT2D eigenvalue weighted by atomic mass is 35.5. The predicted octanol–water partition coefficient (Wildman–Crippen LogP) is 6.25. The van der Waals surface area contributed by atoms with Crippen LogP contribution in [0.2, 0.25) is 5.02 Å². The maximum atomic E-state index is 13.4. The van der Waals surface area contributed by atoms with Crippen molar-refractivity contribution in [1.82, 2.24) is 4.98 Å². The Morgan fingerprint density at radius 1 is 0.972 bits per heavy atom. The zero-order valence-electron chi connectivity index (χ0n) is 20.2. The Hall–Kier alpha value is -3.71. The molecule has 0 radical (unpaired) electrons. The van der Waals surface area contributed by atoms with Gasteiger partial charge in [-0.15, -0.1) is 0 Å². The number of hydrogen-bond acceptors (Lipinski definition) is 5. The minimum absolute atomic E-state index is 0.124. The standard InChI is InChI=1S/C28H28ClN3O4/c1-17(2)18-7-13-23(25(15-18)36-21-11-9-20(33)10-12-21)28(35)31-24-6-4-3-5-22(24)27(34)32-26-14-8-19(29)16-30-26/h3-8,13-17,21H,9-12H2,1-2H3,(H,31,35)(H,30,32,34). The predicted molar refractivity (Wildman–Crippen MR) is 140 cm³/mol. The first kappa shape index (κ1) is 25.4. The number of carbonyl (C=O) groups is 3. The maximum absolute atomic E-state index is 13.4. The van der Waals surface area contributed by atoms with E-state index in [2.05, 4.69) is 29.5 Å². The quantitative estimate of drug-likeness (QED) is 0.395. The molecule has 2 amide bonds. The van der Waals surface area contributed by atoms with Gasteiger partial charge in [0.25, 0.3) is 11.8 Å². The van der Waals surface area contributed by atoms with E-state index in [4.69, 9.17) is 16.3 Å². The molecule has 7 nitrogen and oxygen atoms in total. The molecule has 2 aromatic carbocycles. The Bertz CT molecular complexity index is 1260. The van der Waals surface area contributed by atoms with Crippen molar-refractivity contribution >= 4 is 40.7 Å². The molecule has 8 heteroatoms. The number of para-hydroxylation sites is 1. The Labute approximate surface area is 215 Å². The Morgan fingerprint density at radius 2 is 1.69 bits per heavy atom. The second kappa shape index (κ2) is 11.4. The summed E-state index contributed by atoms with van der Waals surface area (Å²) in [5.41, 5.74) is 2.06. The fourth-order valence-corrected chi connectivity index (χ4v) is 4.12. The lowest BCUT2D eigenvalue weighted by Crippen LogP contribution is -2.25. The summed E-state index contributed by atoms with van der Waals surface area (Å²) < 4.78 is 6.24. The van der Waals surface area contributed by atoms with Gasteiger partial charge in [-0.05, 0) is 60.7 Å². The SMILES string of the molecule is CC(C)c1ccc(C(=O)Nc2ccccc2C(=O)Nc2ccc(Cl)cn2)c(OC2CCC(=O)CC2)c1. The molecule has 1 aliphatic rings. The van der Waals surface area contributed by atoms with Crippen molar-refractivity contribution in [3.63, 3.8) is 0 Å². The summed E-state index contributed by atoms with van der Waals surface area (Å²) in [6, 6.07) is 15.5. The van der Waals surface area contributed by atoms with E-state index in [1.807, 2.05) is 12.1 Å². The Kier molecular flexibility index (Phi) is 8.00. The van der Waals surface area contributed by atoms with Gasteiger partial charge in [-0.2, -0.15) is 0 Å². The van der Waals surface area contributed by atoms with Gasteiger partial charge in [0.2, 0.25) is 0 Å². The lowest BCUT2D eigenvalue weighted by Gasteiger charge is -2.24. The van der Waals surface area contributed by atoms with E-state index < -0.39 is 11.8 Å². The van der Waals surface area contributed by atoms with Gasteiger partial charge in [0.1, 0.15) is 17.4 Å². The van der Waals surface area contributed by atoms with Crippen molar-refractivity contribution in [1.29, 1.82) is 0 Å². The van der Waals surface area contributed by atoms with E-state index in [1.54, 1.807) is 42.5 Å². The van der Waals surface area contributed by atoms with Crippen molar-refractivity contribution in [3.8, 4) is 5.75 Å². The number of hydrogen-bond donors (Lipinski definition) is 2. The molecular weight excluding hydrogens is 478 g/mol. The molecule has 1 saturated carbocycles. The van der Waals surface area contributed by atoms with Gasteiger partial charge in [0, 0.05) is 19.0 Å². The van der Waals surface area contributed by atoms with Gasteiger partial charge in [0.05, 0.1) is 27.9 Å². The van der Waals surface area contributed by atoms with E-state index in [9.17, 15) is 14.4 Å². The summed E-state index contributed by atoms with van der Waals surface area (Å²) in [4.78, 5) is 42.0. The summed E-state index contributed by atoms with van der Waals surface area (Å²) in [5.74, 6) is 0.508. The number of aromatic nitrogens is 1. The molecule has 4 rings (SSSR count). The third kappa shape index (κ3) is 6.29. The number of ether oxygens (including phenoxy) is 1. The Balaban J connectivity index is 1.56. The fraction of sp³-hybridized carbons (Fsp3) is 0.286. The van der Waals surface area contributed by atoms with Crippen LogP contribution in [0.4, 0.5) is 11.5 Å². The minimum atomic E-state index is -0.417. The summed E-state index contributed by atoms with van der Waals surface area (Å²) in [7, 11) is 0. The number of nitrogens with zero attached hydrogens (tertiary/aromatic N) is 1. The zero-order chi connectivity index (χ0) is 25.7. The second-order valence-corrected chi connectivity index (χ2v) is 9.52. The molecule has 1 fully saturated rings. The first-order valence-electron chi connectivity index (χ1n) is 12.0. The molecule has 0 atom stereocenters. The molecular formula is C28H28ClN3O4. The highest BCUT2D eigenvalue weighted by Crippen LogP contribution is 2.30. The van der Waals surface area contributed by atoms with Gasteiger partial charge in [-0.1, -0.05) is 43.6 Å². The zero-order valence-corrected chi connectivity index (χ0v) is 21.0. The minimum Gasteiger partial charge on any atom is -0.490 e. The van der Waals surface area contributed by atoms with E-state index in [0.29, 0.717) is 53.5 Å². The molecule has 0 spiro atoms. The molecule has 1 aliphatic carbocycles. The highest BCUT2D eigenvalue weighted by Gasteiger charge is 2.24. The van der Waals surface area contributed by atoms with Crippen molar-refractivity contribution in [2.24, 2.45) is 0 Å². The number of halogens is 1. The van der Waals surface area contributed by atoms with E-state index in [-0.39, 0.29) is 23.4 Å². The van der Waals surface area contributed by atoms with Crippen LogP contribution in [0.25, 0.3) is 0 Å². The lowest BCUT2D eigenvalue weighted by molar-refractivity contribution is -0.121. The van der Waals surface area contributed by atoms with E-state index in [0.717, 1.165) is 5.56 Å². The van der Waals surface area contributed by atoms with Gasteiger partial charge >= 0.3 is 0 Å². The van der Waals surface area contributed by atoms with Crippen LogP contribution >= 0.6 is 11.6 Å². The average Bonchev–Trinajstić information content (AvgIpc) is 2.87. The molecule has 0 aliphatic heterocycles. The van der Waals surface area contributed by atoms with Crippen LogP contribution in [0.3, 0.4) is 0 Å². The van der Waals surface area contributed by atoms with Crippen molar-refractivity contribution in [2.45, 2.75) is 51.6 Å². The largest absolute Gasteiger partial charge is 0.490 e. The molecule has 3 aromatic rings. The van der Waals surface area contributed by atoms with Gasteiger partial charge in [-0.3, -0.25) is 14.4 Å². The van der Waals surface area contributed by atoms with Crippen molar-refractivity contribution in [2.75, 3.05) is 10.6 Å². The summed E-state index contributed by atoms with van der Waals surface area (Å²) in [6.07, 6.45) is 3.56. The number of amides is 2. The van der Waals surface area contributed by atoms with Crippen LogP contribution < -0.4 is 15.4 Å². The monoisotopic (exact) mass is 505 g/mol. The van der Waals surface area contributed by atoms with Crippen LogP contribution in [0.15, 0.2) is 60.8 Å². The topological polar surface area (TPSA) is 97.4 Å². The number of ketones is 1. The smallest absolute Gasteiger partial charge is 0.259 e. The van der Waals surface area contributed by atoms with Crippen LogP contribution in [0, 0.1) is 0 Å². The number of nitrogens with one attached hydrogen (secondary N) is 2. The molecule has 2 N–H and O–H groups in total. The third-order valence-corrected chi connectivity index (χ3v) is 6.31. The molecule has 0 bridgehead atoms. The molecule has 36 heavy (non-hydrogen) atoms. The third-order valence-electron chi connectivity index (χ3n) is 6.09. The average molecular weight is 506 g/mol. The van der Waals surface area contributed by atoms with Crippen LogP contribution in [0.1, 0.15) is 71.7 Å². The van der Waals surface area contributed by atoms with Crippen molar-refractivity contribution in [3.05, 3.63) is 82.5 Å². The fourth-order valence-electron chi connectivity index (χ4n) is 4.01. The second-order valence-electron chi connectivity index (χ2n) is 9.08. The summed E-state index contributed by atoms with van der Waals surface area (Å²) >= 11 is 5.87. The molecule has 0 saturated heterocycles. The van der Waals surface area contributed by atoms with Crippen LogP contribution in [0.5, 0.6) is 5.75 Å². The highest BCUT2D eigenvalue weighted by molar-refractivity contribution is 6.30. The molecule has 1 aromatic heterocycles. The number of carbonyl (C=O) groups excluding carboxylic acids is 3. The molecule has 1 heterocycles. The van der Waals surface area contributed by atoms with Crippen LogP contribution in [-0.2, 0) is 4.79 Å². The first-order valence-corrected chi connectivity index (χ1v) is 12.3. The normalized spacial score (nSPS) is 13.9. The van der Waals surface area contributed by atoms with Crippen LogP contribution in [-0.4, -0.2) is 28.7 Å². The maximum Gasteiger partial charge on any atom is 0.259 e. The van der Waals surface area contributed by atoms with E-state index >= 15 is 0 Å². The van der Waals surface area contributed by atoms with Crippen molar-refractivity contribution < 1.29 is 19.1 Å². The van der Waals surface area contributed by atoms with Gasteiger partial charge < -0.3 is 15.4 Å². The number of pyridine rings is 1. The number of benzene rings is 2.